The first-order valence-corrected chi connectivity index (χ1v) is 12.4. The van der Waals surface area contributed by atoms with Crippen LogP contribution in [0.15, 0.2) is 12.7 Å². The Morgan fingerprint density at radius 1 is 1.35 bits per heavy atom. The molecule has 0 radical (unpaired) electrons. The molecule has 1 aliphatic rings. The zero-order valence-corrected chi connectivity index (χ0v) is 16.1. The minimum absolute atomic E-state index is 0.120. The molecule has 1 rings (SSSR count). The van der Waals surface area contributed by atoms with Crippen LogP contribution >= 0.6 is 23.5 Å². The third-order valence-electron chi connectivity index (χ3n) is 4.30. The highest BCUT2D eigenvalue weighted by Gasteiger charge is 2.38. The standard InChI is InChI=1S/C15H30O2S2Si/c1-7-12(14-18-9-8-10-19-14)13(16)11-17-20(5,6)15(2,3)4/h7,12-14,16H,1,8-11H2,2-6H3/t12-,13+/m1/s1. The van der Waals surface area contributed by atoms with Crippen molar-refractivity contribution in [3.63, 3.8) is 0 Å². The van der Waals surface area contributed by atoms with Crippen molar-refractivity contribution in [1.29, 1.82) is 0 Å². The Labute approximate surface area is 134 Å². The van der Waals surface area contributed by atoms with E-state index in [1.807, 2.05) is 29.6 Å². The van der Waals surface area contributed by atoms with Crippen LogP contribution in [0, 0.1) is 5.92 Å². The van der Waals surface area contributed by atoms with Gasteiger partial charge in [-0.2, -0.15) is 0 Å². The molecule has 2 atom stereocenters. The van der Waals surface area contributed by atoms with Crippen LogP contribution in [0.3, 0.4) is 0 Å². The highest BCUT2D eigenvalue weighted by molar-refractivity contribution is 8.17. The molecule has 5 heteroatoms. The summed E-state index contributed by atoms with van der Waals surface area (Å²) in [4.78, 5) is 0. The van der Waals surface area contributed by atoms with Gasteiger partial charge in [0.25, 0.3) is 0 Å². The molecule has 0 aromatic carbocycles. The van der Waals surface area contributed by atoms with Crippen LogP contribution in [0.4, 0.5) is 0 Å². The normalized spacial score (nSPS) is 21.5. The minimum Gasteiger partial charge on any atom is -0.414 e. The Hall–Kier alpha value is 0.577. The fraction of sp³-hybridized carbons (Fsp3) is 0.867. The van der Waals surface area contributed by atoms with Gasteiger partial charge in [-0.05, 0) is 36.1 Å². The van der Waals surface area contributed by atoms with Crippen LogP contribution in [0.2, 0.25) is 18.1 Å². The molecule has 0 aliphatic carbocycles. The molecule has 1 N–H and O–H groups in total. The molecule has 0 unspecified atom stereocenters. The minimum atomic E-state index is -1.78. The Kier molecular flexibility index (Phi) is 7.19. The second-order valence-electron chi connectivity index (χ2n) is 6.92. The lowest BCUT2D eigenvalue weighted by Crippen LogP contribution is -2.44. The average Bonchev–Trinajstić information content (AvgIpc) is 2.37. The molecular weight excluding hydrogens is 304 g/mol. The van der Waals surface area contributed by atoms with Gasteiger partial charge in [-0.3, -0.25) is 0 Å². The number of hydrogen-bond donors (Lipinski definition) is 1. The van der Waals surface area contributed by atoms with E-state index in [1.165, 1.54) is 17.9 Å². The molecule has 0 aromatic heterocycles. The van der Waals surface area contributed by atoms with E-state index >= 15 is 0 Å². The van der Waals surface area contributed by atoms with E-state index in [0.717, 1.165) is 0 Å². The molecule has 1 aliphatic heterocycles. The SMILES string of the molecule is C=C[C@@H](C1SCCCS1)[C@@H](O)CO[Si](C)(C)C(C)(C)C. The third kappa shape index (κ3) is 5.09. The lowest BCUT2D eigenvalue weighted by atomic mass is 10.1. The maximum atomic E-state index is 10.5. The molecule has 1 fully saturated rings. The molecule has 1 saturated heterocycles. The van der Waals surface area contributed by atoms with Gasteiger partial charge in [0.1, 0.15) is 0 Å². The van der Waals surface area contributed by atoms with Crippen molar-refractivity contribution >= 4 is 31.8 Å². The lowest BCUT2D eigenvalue weighted by molar-refractivity contribution is 0.0724. The zero-order chi connectivity index (χ0) is 15.4. The Morgan fingerprint density at radius 3 is 2.35 bits per heavy atom. The summed E-state index contributed by atoms with van der Waals surface area (Å²) in [6.45, 7) is 15.5. The van der Waals surface area contributed by atoms with Gasteiger partial charge in [0.2, 0.25) is 0 Å². The van der Waals surface area contributed by atoms with Crippen LogP contribution in [-0.2, 0) is 4.43 Å². The Morgan fingerprint density at radius 2 is 1.90 bits per heavy atom. The second kappa shape index (κ2) is 7.72. The highest BCUT2D eigenvalue weighted by Crippen LogP contribution is 2.39. The predicted octanol–water partition coefficient (Wildman–Crippen LogP) is 4.37. The quantitative estimate of drug-likeness (QED) is 0.577. The number of rotatable bonds is 6. The van der Waals surface area contributed by atoms with Gasteiger partial charge in [0.05, 0.1) is 17.3 Å². The lowest BCUT2D eigenvalue weighted by Gasteiger charge is -2.38. The largest absolute Gasteiger partial charge is 0.414 e. The number of thioether (sulfide) groups is 2. The summed E-state index contributed by atoms with van der Waals surface area (Å²) >= 11 is 3.90. The molecule has 0 aromatic rings. The zero-order valence-electron chi connectivity index (χ0n) is 13.5. The van der Waals surface area contributed by atoms with Gasteiger partial charge < -0.3 is 9.53 Å². The van der Waals surface area contributed by atoms with Gasteiger partial charge in [-0.25, -0.2) is 0 Å². The van der Waals surface area contributed by atoms with Gasteiger partial charge in [0, 0.05) is 5.92 Å². The van der Waals surface area contributed by atoms with E-state index in [2.05, 4.69) is 40.4 Å². The smallest absolute Gasteiger partial charge is 0.192 e. The van der Waals surface area contributed by atoms with Crippen LogP contribution < -0.4 is 0 Å². The fourth-order valence-electron chi connectivity index (χ4n) is 1.80. The molecule has 1 heterocycles. The van der Waals surface area contributed by atoms with Crippen molar-refractivity contribution in [2.75, 3.05) is 18.1 Å². The summed E-state index contributed by atoms with van der Waals surface area (Å²) in [7, 11) is -1.78. The van der Waals surface area contributed by atoms with Gasteiger partial charge in [0.15, 0.2) is 8.32 Å². The summed E-state index contributed by atoms with van der Waals surface area (Å²) in [6, 6.07) is 0. The van der Waals surface area contributed by atoms with E-state index in [-0.39, 0.29) is 11.0 Å². The molecular formula is C15H30O2S2Si. The number of aliphatic hydroxyl groups is 1. The molecule has 2 nitrogen and oxygen atoms in total. The van der Waals surface area contributed by atoms with E-state index < -0.39 is 14.4 Å². The molecule has 20 heavy (non-hydrogen) atoms. The number of hydrogen-bond acceptors (Lipinski definition) is 4. The van der Waals surface area contributed by atoms with Crippen molar-refractivity contribution in [1.82, 2.24) is 0 Å². The first kappa shape index (κ1) is 18.6. The maximum Gasteiger partial charge on any atom is 0.192 e. The van der Waals surface area contributed by atoms with Crippen LogP contribution in [0.5, 0.6) is 0 Å². The van der Waals surface area contributed by atoms with Crippen LogP contribution in [-0.4, -0.2) is 42.2 Å². The third-order valence-corrected chi connectivity index (χ3v) is 12.0. The van der Waals surface area contributed by atoms with Gasteiger partial charge >= 0.3 is 0 Å². The molecule has 0 saturated carbocycles. The van der Waals surface area contributed by atoms with Crippen LogP contribution in [0.25, 0.3) is 0 Å². The van der Waals surface area contributed by atoms with Gasteiger partial charge in [-0.1, -0.05) is 26.8 Å². The first-order valence-electron chi connectivity index (χ1n) is 7.37. The first-order chi connectivity index (χ1) is 9.19. The molecule has 0 amide bonds. The predicted molar refractivity (Wildman–Crippen MR) is 96.2 cm³/mol. The summed E-state index contributed by atoms with van der Waals surface area (Å²) in [5.74, 6) is 2.50. The monoisotopic (exact) mass is 334 g/mol. The van der Waals surface area contributed by atoms with Gasteiger partial charge in [-0.15, -0.1) is 30.1 Å². The molecule has 0 bridgehead atoms. The fourth-order valence-corrected chi connectivity index (χ4v) is 6.08. The second-order valence-corrected chi connectivity index (χ2v) is 14.5. The van der Waals surface area contributed by atoms with Crippen molar-refractivity contribution < 1.29 is 9.53 Å². The van der Waals surface area contributed by atoms with Crippen LogP contribution in [0.1, 0.15) is 27.2 Å². The van der Waals surface area contributed by atoms with Crippen molar-refractivity contribution in [2.45, 2.75) is 56.0 Å². The van der Waals surface area contributed by atoms with E-state index in [9.17, 15) is 5.11 Å². The van der Waals surface area contributed by atoms with E-state index in [4.69, 9.17) is 4.43 Å². The van der Waals surface area contributed by atoms with E-state index in [0.29, 0.717) is 11.2 Å². The molecule has 118 valence electrons. The summed E-state index contributed by atoms with van der Waals surface area (Å²) < 4.78 is 6.58. The van der Waals surface area contributed by atoms with Crippen molar-refractivity contribution in [3.05, 3.63) is 12.7 Å². The highest BCUT2D eigenvalue weighted by atomic mass is 32.2. The average molecular weight is 335 g/mol. The Balaban J connectivity index is 2.55. The summed E-state index contributed by atoms with van der Waals surface area (Å²) in [5, 5.41) is 10.7. The van der Waals surface area contributed by atoms with Crippen molar-refractivity contribution in [3.8, 4) is 0 Å². The number of aliphatic hydroxyl groups excluding tert-OH is 1. The summed E-state index contributed by atoms with van der Waals surface area (Å²) in [5.41, 5.74) is 0. The Bertz CT molecular complexity index is 309. The maximum absolute atomic E-state index is 10.5. The molecule has 0 spiro atoms. The van der Waals surface area contributed by atoms with E-state index in [1.54, 1.807) is 0 Å². The summed E-state index contributed by atoms with van der Waals surface area (Å²) in [6.07, 6.45) is 2.74. The topological polar surface area (TPSA) is 29.5 Å². The van der Waals surface area contributed by atoms with Crippen molar-refractivity contribution in [2.24, 2.45) is 5.92 Å².